The number of hydrogen-bond donors (Lipinski definition) is 0. The first-order valence-corrected chi connectivity index (χ1v) is 6.23. The van der Waals surface area contributed by atoms with Crippen LogP contribution in [0.2, 0.25) is 0 Å². The summed E-state index contributed by atoms with van der Waals surface area (Å²) in [4.78, 5) is 12.0. The standard InChI is InChI=1S/C17H22O/c1-5-9-12-16(11-7-3)17(18)14-13-15(8-4)10-6-2/h6,8-14H,2,4-5,7H2,1,3H3/b12-9-,14-13+,15-10+,16-11+. The highest BCUT2D eigenvalue weighted by Crippen LogP contribution is 2.06. The van der Waals surface area contributed by atoms with Crippen molar-refractivity contribution in [2.75, 3.05) is 0 Å². The van der Waals surface area contributed by atoms with E-state index < -0.39 is 0 Å². The van der Waals surface area contributed by atoms with Crippen molar-refractivity contribution in [3.63, 3.8) is 0 Å². The summed E-state index contributed by atoms with van der Waals surface area (Å²) in [7, 11) is 0. The number of carbonyl (C=O) groups excluding carboxylic acids is 1. The van der Waals surface area contributed by atoms with Crippen LogP contribution in [0.15, 0.2) is 72.9 Å². The second kappa shape index (κ2) is 10.3. The van der Waals surface area contributed by atoms with Gasteiger partial charge in [-0.05, 0) is 24.5 Å². The number of hydrogen-bond acceptors (Lipinski definition) is 1. The lowest BCUT2D eigenvalue weighted by atomic mass is 10.1. The Hall–Kier alpha value is -1.89. The highest BCUT2D eigenvalue weighted by Gasteiger charge is 2.00. The normalized spacial score (nSPS) is 13.2. The Morgan fingerprint density at radius 3 is 2.28 bits per heavy atom. The van der Waals surface area contributed by atoms with Crippen molar-refractivity contribution >= 4 is 5.78 Å². The molecule has 0 N–H and O–H groups in total. The lowest BCUT2D eigenvalue weighted by molar-refractivity contribution is -0.111. The van der Waals surface area contributed by atoms with Crippen LogP contribution in [0.4, 0.5) is 0 Å². The van der Waals surface area contributed by atoms with Crippen LogP contribution in [-0.4, -0.2) is 5.78 Å². The van der Waals surface area contributed by atoms with Gasteiger partial charge in [-0.1, -0.05) is 69.5 Å². The zero-order valence-electron chi connectivity index (χ0n) is 11.4. The average Bonchev–Trinajstić information content (AvgIpc) is 2.39. The topological polar surface area (TPSA) is 17.1 Å². The lowest BCUT2D eigenvalue weighted by Gasteiger charge is -1.97. The van der Waals surface area contributed by atoms with Gasteiger partial charge in [-0.2, -0.15) is 0 Å². The molecular weight excluding hydrogens is 220 g/mol. The number of ketones is 1. The Labute approximate surface area is 111 Å². The second-order valence-electron chi connectivity index (χ2n) is 3.68. The maximum Gasteiger partial charge on any atom is 0.185 e. The third-order valence-electron chi connectivity index (χ3n) is 2.21. The molecule has 1 nitrogen and oxygen atoms in total. The van der Waals surface area contributed by atoms with Crippen LogP contribution in [0.1, 0.15) is 26.7 Å². The molecule has 0 aliphatic rings. The van der Waals surface area contributed by atoms with Gasteiger partial charge in [-0.15, -0.1) is 0 Å². The van der Waals surface area contributed by atoms with Gasteiger partial charge in [0, 0.05) is 5.57 Å². The van der Waals surface area contributed by atoms with Crippen LogP contribution in [0, 0.1) is 0 Å². The Kier molecular flexibility index (Phi) is 9.20. The molecule has 0 spiro atoms. The summed E-state index contributed by atoms with van der Waals surface area (Å²) < 4.78 is 0. The van der Waals surface area contributed by atoms with E-state index in [4.69, 9.17) is 0 Å². The van der Waals surface area contributed by atoms with Crippen LogP contribution < -0.4 is 0 Å². The predicted molar refractivity (Wildman–Crippen MR) is 80.4 cm³/mol. The maximum absolute atomic E-state index is 12.0. The van der Waals surface area contributed by atoms with Crippen molar-refractivity contribution in [1.29, 1.82) is 0 Å². The summed E-state index contributed by atoms with van der Waals surface area (Å²) >= 11 is 0. The van der Waals surface area contributed by atoms with E-state index in [-0.39, 0.29) is 5.78 Å². The van der Waals surface area contributed by atoms with Crippen molar-refractivity contribution in [2.24, 2.45) is 0 Å². The van der Waals surface area contributed by atoms with Crippen molar-refractivity contribution in [3.05, 3.63) is 72.9 Å². The molecule has 0 saturated carbocycles. The Morgan fingerprint density at radius 2 is 1.78 bits per heavy atom. The van der Waals surface area contributed by atoms with E-state index in [0.717, 1.165) is 24.0 Å². The quantitative estimate of drug-likeness (QED) is 0.445. The first-order valence-electron chi connectivity index (χ1n) is 6.23. The predicted octanol–water partition coefficient (Wildman–Crippen LogP) is 4.71. The van der Waals surface area contributed by atoms with Crippen molar-refractivity contribution < 1.29 is 4.79 Å². The smallest absolute Gasteiger partial charge is 0.185 e. The van der Waals surface area contributed by atoms with Crippen LogP contribution in [-0.2, 0) is 4.79 Å². The molecule has 0 bridgehead atoms. The number of rotatable bonds is 8. The molecule has 0 aromatic carbocycles. The van der Waals surface area contributed by atoms with E-state index >= 15 is 0 Å². The fourth-order valence-corrected chi connectivity index (χ4v) is 1.31. The SMILES string of the molecule is C=C/C=C(C=C)/C=C/C(=O)C(/C=C\CC)=C/CC. The number of carbonyl (C=O) groups is 1. The Bertz CT molecular complexity index is 403. The molecule has 0 amide bonds. The van der Waals surface area contributed by atoms with Gasteiger partial charge >= 0.3 is 0 Å². The maximum atomic E-state index is 12.0. The molecule has 0 aromatic heterocycles. The second-order valence-corrected chi connectivity index (χ2v) is 3.68. The molecule has 0 saturated heterocycles. The molecule has 0 unspecified atom stereocenters. The summed E-state index contributed by atoms with van der Waals surface area (Å²) in [5.41, 5.74) is 1.60. The van der Waals surface area contributed by atoms with Crippen LogP contribution in [0.3, 0.4) is 0 Å². The third-order valence-corrected chi connectivity index (χ3v) is 2.21. The van der Waals surface area contributed by atoms with Gasteiger partial charge in [0.1, 0.15) is 0 Å². The fourth-order valence-electron chi connectivity index (χ4n) is 1.31. The van der Waals surface area contributed by atoms with E-state index in [9.17, 15) is 4.79 Å². The van der Waals surface area contributed by atoms with Gasteiger partial charge in [0.2, 0.25) is 0 Å². The molecule has 0 aromatic rings. The average molecular weight is 242 g/mol. The number of allylic oxidation sites excluding steroid dienone is 10. The van der Waals surface area contributed by atoms with Crippen molar-refractivity contribution in [1.82, 2.24) is 0 Å². The Balaban J connectivity index is 4.91. The molecule has 0 aliphatic heterocycles. The van der Waals surface area contributed by atoms with Gasteiger partial charge in [0.25, 0.3) is 0 Å². The van der Waals surface area contributed by atoms with Crippen molar-refractivity contribution in [2.45, 2.75) is 26.7 Å². The van der Waals surface area contributed by atoms with E-state index in [1.807, 2.05) is 38.2 Å². The zero-order chi connectivity index (χ0) is 13.8. The molecule has 0 atom stereocenters. The van der Waals surface area contributed by atoms with E-state index in [2.05, 4.69) is 13.2 Å². The molecule has 0 heterocycles. The van der Waals surface area contributed by atoms with E-state index in [1.54, 1.807) is 24.3 Å². The summed E-state index contributed by atoms with van der Waals surface area (Å²) in [5.74, 6) is 0.0124. The summed E-state index contributed by atoms with van der Waals surface area (Å²) in [5, 5.41) is 0. The summed E-state index contributed by atoms with van der Waals surface area (Å²) in [6, 6.07) is 0. The summed E-state index contributed by atoms with van der Waals surface area (Å²) in [6.07, 6.45) is 16.1. The van der Waals surface area contributed by atoms with Crippen LogP contribution in [0.25, 0.3) is 0 Å². The van der Waals surface area contributed by atoms with Crippen LogP contribution in [0.5, 0.6) is 0 Å². The molecule has 1 heteroatoms. The fraction of sp³-hybridized carbons (Fsp3) is 0.235. The highest BCUT2D eigenvalue weighted by molar-refractivity contribution is 6.06. The Morgan fingerprint density at radius 1 is 1.06 bits per heavy atom. The minimum absolute atomic E-state index is 0.0124. The van der Waals surface area contributed by atoms with Gasteiger partial charge in [-0.25, -0.2) is 0 Å². The summed E-state index contributed by atoms with van der Waals surface area (Å²) in [6.45, 7) is 11.4. The molecule has 0 fully saturated rings. The van der Waals surface area contributed by atoms with Gasteiger partial charge in [0.15, 0.2) is 5.78 Å². The van der Waals surface area contributed by atoms with Gasteiger partial charge < -0.3 is 0 Å². The largest absolute Gasteiger partial charge is 0.289 e. The third kappa shape index (κ3) is 6.64. The van der Waals surface area contributed by atoms with Crippen LogP contribution >= 0.6 is 0 Å². The van der Waals surface area contributed by atoms with Crippen molar-refractivity contribution in [3.8, 4) is 0 Å². The minimum Gasteiger partial charge on any atom is -0.289 e. The van der Waals surface area contributed by atoms with E-state index in [1.165, 1.54) is 0 Å². The van der Waals surface area contributed by atoms with Gasteiger partial charge in [0.05, 0.1) is 0 Å². The molecule has 96 valence electrons. The molecule has 18 heavy (non-hydrogen) atoms. The highest BCUT2D eigenvalue weighted by atomic mass is 16.1. The first-order chi connectivity index (χ1) is 8.69. The monoisotopic (exact) mass is 242 g/mol. The van der Waals surface area contributed by atoms with E-state index in [0.29, 0.717) is 0 Å². The lowest BCUT2D eigenvalue weighted by Crippen LogP contribution is -1.96. The molecule has 0 radical (unpaired) electrons. The molecular formula is C17H22O. The molecule has 0 aliphatic carbocycles. The minimum atomic E-state index is 0.0124. The zero-order valence-corrected chi connectivity index (χ0v) is 11.4. The van der Waals surface area contributed by atoms with Gasteiger partial charge in [-0.3, -0.25) is 4.79 Å². The molecule has 0 rings (SSSR count). The first kappa shape index (κ1) is 16.1.